The quantitative estimate of drug-likeness (QED) is 0.394. The van der Waals surface area contributed by atoms with E-state index >= 15 is 0 Å². The maximum absolute atomic E-state index is 5.24. The Morgan fingerprint density at radius 3 is 1.11 bits per heavy atom. The first kappa shape index (κ1) is 35.8. The van der Waals surface area contributed by atoms with Gasteiger partial charge in [-0.25, -0.2) is 0 Å². The van der Waals surface area contributed by atoms with Gasteiger partial charge in [0.1, 0.15) is 0 Å². The van der Waals surface area contributed by atoms with Crippen LogP contribution in [0.15, 0.2) is 0 Å². The molecular formula is C31H68N4O. The van der Waals surface area contributed by atoms with Crippen molar-refractivity contribution in [2.45, 2.75) is 87.5 Å². The highest BCUT2D eigenvalue weighted by molar-refractivity contribution is 4.67. The Balaban J connectivity index is 0.000000458. The zero-order valence-electron chi connectivity index (χ0n) is 26.5. The first-order chi connectivity index (χ1) is 17.0. The van der Waals surface area contributed by atoms with Crippen LogP contribution in [0.2, 0.25) is 0 Å². The number of hydrogen-bond acceptors (Lipinski definition) is 5. The van der Waals surface area contributed by atoms with Crippen molar-refractivity contribution < 1.29 is 4.74 Å². The summed E-state index contributed by atoms with van der Waals surface area (Å²) in [5.41, 5.74) is 0. The molecule has 0 amide bonds. The number of likely N-dealkylation sites (tertiary alicyclic amines) is 2. The highest BCUT2D eigenvalue weighted by Crippen LogP contribution is 2.10. The van der Waals surface area contributed by atoms with Gasteiger partial charge in [0, 0.05) is 32.7 Å². The van der Waals surface area contributed by atoms with Gasteiger partial charge in [0.15, 0.2) is 0 Å². The summed E-state index contributed by atoms with van der Waals surface area (Å²) in [6.45, 7) is 32.6. The van der Waals surface area contributed by atoms with Crippen LogP contribution in [0, 0.1) is 23.7 Å². The average molecular weight is 513 g/mol. The Hall–Kier alpha value is -0.200. The SMILES string of the molecule is CC(C)CN(C)C.CC(C)CN1CCCC1.CC(C)CN1CCCCC1.CC(C)CN1CCOCC1. The molecule has 0 spiro atoms. The van der Waals surface area contributed by atoms with Crippen LogP contribution in [0.5, 0.6) is 0 Å². The van der Waals surface area contributed by atoms with Crippen molar-refractivity contribution in [1.82, 2.24) is 19.6 Å². The van der Waals surface area contributed by atoms with E-state index in [0.29, 0.717) is 0 Å². The van der Waals surface area contributed by atoms with E-state index in [0.717, 1.165) is 50.0 Å². The van der Waals surface area contributed by atoms with Gasteiger partial charge in [0.2, 0.25) is 0 Å². The average Bonchev–Trinajstić information content (AvgIpc) is 3.27. The summed E-state index contributed by atoms with van der Waals surface area (Å²) in [5, 5.41) is 0. The molecule has 0 aromatic rings. The summed E-state index contributed by atoms with van der Waals surface area (Å²) < 4.78 is 5.24. The molecule has 3 rings (SSSR count). The lowest BCUT2D eigenvalue weighted by Gasteiger charge is -2.27. The molecule has 3 aliphatic rings. The van der Waals surface area contributed by atoms with Gasteiger partial charge in [-0.15, -0.1) is 0 Å². The number of rotatable bonds is 8. The predicted octanol–water partition coefficient (Wildman–Crippen LogP) is 6.05. The highest BCUT2D eigenvalue weighted by atomic mass is 16.5. The smallest absolute Gasteiger partial charge is 0.0594 e. The maximum atomic E-state index is 5.24. The van der Waals surface area contributed by atoms with E-state index in [1.54, 1.807) is 0 Å². The molecule has 0 radical (unpaired) electrons. The fraction of sp³-hybridized carbons (Fsp3) is 1.00. The number of morpholine rings is 1. The summed E-state index contributed by atoms with van der Waals surface area (Å²) in [7, 11) is 4.19. The van der Waals surface area contributed by atoms with Gasteiger partial charge in [0.25, 0.3) is 0 Å². The Labute approximate surface area is 228 Å². The van der Waals surface area contributed by atoms with Crippen LogP contribution >= 0.6 is 0 Å². The van der Waals surface area contributed by atoms with Crippen LogP contribution in [0.1, 0.15) is 87.5 Å². The molecule has 3 aliphatic heterocycles. The summed E-state index contributed by atoms with van der Waals surface area (Å²) in [5.74, 6) is 3.29. The third-order valence-electron chi connectivity index (χ3n) is 6.35. The molecule has 0 atom stereocenters. The van der Waals surface area contributed by atoms with Gasteiger partial charge >= 0.3 is 0 Å². The number of piperidine rings is 1. The first-order valence-corrected chi connectivity index (χ1v) is 15.4. The van der Waals surface area contributed by atoms with Gasteiger partial charge in [-0.2, -0.15) is 0 Å². The molecule has 0 aromatic heterocycles. The van der Waals surface area contributed by atoms with Crippen molar-refractivity contribution >= 4 is 0 Å². The Kier molecular flexibility index (Phi) is 22.6. The minimum atomic E-state index is 0.790. The molecule has 5 nitrogen and oxygen atoms in total. The molecule has 5 heteroatoms. The molecule has 3 fully saturated rings. The fourth-order valence-electron chi connectivity index (χ4n) is 5.17. The molecule has 0 bridgehead atoms. The van der Waals surface area contributed by atoms with Crippen LogP contribution in [-0.4, -0.2) is 112 Å². The number of ether oxygens (including phenoxy) is 1. The highest BCUT2D eigenvalue weighted by Gasteiger charge is 2.12. The molecule has 218 valence electrons. The molecule has 36 heavy (non-hydrogen) atoms. The van der Waals surface area contributed by atoms with E-state index in [-0.39, 0.29) is 0 Å². The second-order valence-corrected chi connectivity index (χ2v) is 13.1. The molecule has 0 aliphatic carbocycles. The summed E-state index contributed by atoms with van der Waals surface area (Å²) in [4.78, 5) is 9.82. The van der Waals surface area contributed by atoms with Crippen molar-refractivity contribution in [3.8, 4) is 0 Å². The van der Waals surface area contributed by atoms with Crippen molar-refractivity contribution in [1.29, 1.82) is 0 Å². The van der Waals surface area contributed by atoms with E-state index in [2.05, 4.69) is 89.1 Å². The van der Waals surface area contributed by atoms with Gasteiger partial charge in [0.05, 0.1) is 13.2 Å². The topological polar surface area (TPSA) is 22.2 Å². The van der Waals surface area contributed by atoms with E-state index in [9.17, 15) is 0 Å². The van der Waals surface area contributed by atoms with Crippen molar-refractivity contribution in [2.75, 3.05) is 92.8 Å². The summed E-state index contributed by atoms with van der Waals surface area (Å²) >= 11 is 0. The monoisotopic (exact) mass is 513 g/mol. The Morgan fingerprint density at radius 2 is 0.833 bits per heavy atom. The van der Waals surface area contributed by atoms with Gasteiger partial charge in [-0.3, -0.25) is 4.90 Å². The number of hydrogen-bond donors (Lipinski definition) is 0. The van der Waals surface area contributed by atoms with Crippen molar-refractivity contribution in [2.24, 2.45) is 23.7 Å². The largest absolute Gasteiger partial charge is 0.379 e. The van der Waals surface area contributed by atoms with Gasteiger partial charge in [-0.1, -0.05) is 61.8 Å². The van der Waals surface area contributed by atoms with Crippen LogP contribution in [0.25, 0.3) is 0 Å². The number of nitrogens with zero attached hydrogens (tertiary/aromatic N) is 4. The van der Waals surface area contributed by atoms with E-state index in [4.69, 9.17) is 4.74 Å². The third-order valence-corrected chi connectivity index (χ3v) is 6.35. The Bertz CT molecular complexity index is 419. The van der Waals surface area contributed by atoms with Crippen molar-refractivity contribution in [3.63, 3.8) is 0 Å². The van der Waals surface area contributed by atoms with Gasteiger partial charge in [-0.05, 0) is 96.2 Å². The molecule has 0 aromatic carbocycles. The van der Waals surface area contributed by atoms with Gasteiger partial charge < -0.3 is 19.4 Å². The van der Waals surface area contributed by atoms with Crippen LogP contribution in [-0.2, 0) is 4.74 Å². The summed E-state index contributed by atoms with van der Waals surface area (Å²) in [6.07, 6.45) is 7.15. The molecule has 3 saturated heterocycles. The second-order valence-electron chi connectivity index (χ2n) is 13.1. The minimum Gasteiger partial charge on any atom is -0.379 e. The lowest BCUT2D eigenvalue weighted by Crippen LogP contribution is -2.38. The molecular weight excluding hydrogens is 444 g/mol. The molecule has 0 N–H and O–H groups in total. The molecule has 3 heterocycles. The molecule has 0 saturated carbocycles. The summed E-state index contributed by atoms with van der Waals surface area (Å²) in [6, 6.07) is 0. The predicted molar refractivity (Wildman–Crippen MR) is 161 cm³/mol. The molecule has 0 unspecified atom stereocenters. The Morgan fingerprint density at radius 1 is 0.500 bits per heavy atom. The zero-order valence-corrected chi connectivity index (χ0v) is 26.5. The van der Waals surface area contributed by atoms with E-state index < -0.39 is 0 Å². The maximum Gasteiger partial charge on any atom is 0.0594 e. The second kappa shape index (κ2) is 22.8. The third kappa shape index (κ3) is 24.2. The van der Waals surface area contributed by atoms with E-state index in [1.165, 1.54) is 84.5 Å². The van der Waals surface area contributed by atoms with Crippen LogP contribution in [0.3, 0.4) is 0 Å². The zero-order chi connectivity index (χ0) is 27.3. The standard InChI is InChI=1S/C9H19N.C8H17NO.C8H17N.C6H15N/c1-9(2)8-10-6-4-3-5-7-10;1-8(2)7-9-3-5-10-6-4-9;1-8(2)7-9-5-3-4-6-9;1-6(2)5-7(3)4/h9H,3-8H2,1-2H3;8H,3-7H2,1-2H3;8H,3-7H2,1-2H3;6H,5H2,1-4H3. The van der Waals surface area contributed by atoms with Crippen molar-refractivity contribution in [3.05, 3.63) is 0 Å². The van der Waals surface area contributed by atoms with Crippen LogP contribution < -0.4 is 0 Å². The lowest BCUT2D eigenvalue weighted by atomic mass is 10.1. The van der Waals surface area contributed by atoms with E-state index in [1.807, 2.05) is 0 Å². The lowest BCUT2D eigenvalue weighted by molar-refractivity contribution is 0.0329. The fourth-order valence-corrected chi connectivity index (χ4v) is 5.17. The first-order valence-electron chi connectivity index (χ1n) is 15.4. The van der Waals surface area contributed by atoms with Crippen LogP contribution in [0.4, 0.5) is 0 Å². The normalized spacial score (nSPS) is 19.8. The minimum absolute atomic E-state index is 0.790.